The summed E-state index contributed by atoms with van der Waals surface area (Å²) in [5, 5.41) is 10.6. The van der Waals surface area contributed by atoms with Crippen LogP contribution in [-0.2, 0) is 9.84 Å². The van der Waals surface area contributed by atoms with E-state index in [1.807, 2.05) is 0 Å². The number of benzene rings is 1. The van der Waals surface area contributed by atoms with Crippen LogP contribution in [0.5, 0.6) is 11.5 Å². The molecule has 1 fully saturated rings. The number of fused-ring (bicyclic) bond motifs is 1. The van der Waals surface area contributed by atoms with Crippen LogP contribution >= 0.6 is 0 Å². The third kappa shape index (κ3) is 2.15. The molecule has 0 spiro atoms. The average Bonchev–Trinajstić information content (AvgIpc) is 3.01. The Morgan fingerprint density at radius 3 is 2.75 bits per heavy atom. The van der Waals surface area contributed by atoms with E-state index < -0.39 is 21.4 Å². The molecule has 0 radical (unpaired) electrons. The molecular weight excluding hydrogens is 282 g/mol. The summed E-state index contributed by atoms with van der Waals surface area (Å²) in [6.07, 6.45) is -0.555. The highest BCUT2D eigenvalue weighted by Crippen LogP contribution is 2.44. The van der Waals surface area contributed by atoms with Gasteiger partial charge < -0.3 is 20.3 Å². The van der Waals surface area contributed by atoms with Crippen LogP contribution < -0.4 is 15.2 Å². The number of nitrogens with two attached hydrogens (primary N) is 1. The molecule has 7 heteroatoms. The second-order valence-corrected chi connectivity index (χ2v) is 7.61. The molecule has 2 aliphatic rings. The van der Waals surface area contributed by atoms with Crippen LogP contribution in [0.15, 0.2) is 18.2 Å². The van der Waals surface area contributed by atoms with E-state index in [4.69, 9.17) is 15.2 Å². The maximum absolute atomic E-state index is 11.7. The lowest BCUT2D eigenvalue weighted by atomic mass is 9.78. The van der Waals surface area contributed by atoms with Crippen LogP contribution in [-0.4, -0.2) is 38.4 Å². The first-order valence-corrected chi connectivity index (χ1v) is 8.26. The lowest BCUT2D eigenvalue weighted by Crippen LogP contribution is -2.38. The molecule has 1 aromatic rings. The Balaban J connectivity index is 1.93. The molecule has 1 saturated heterocycles. The molecule has 0 aromatic heterocycles. The van der Waals surface area contributed by atoms with Crippen LogP contribution in [0.4, 0.5) is 0 Å². The monoisotopic (exact) mass is 299 g/mol. The number of sulfone groups is 1. The van der Waals surface area contributed by atoms with Gasteiger partial charge in [0.2, 0.25) is 6.79 Å². The van der Waals surface area contributed by atoms with E-state index in [1.54, 1.807) is 18.2 Å². The van der Waals surface area contributed by atoms with Crippen molar-refractivity contribution >= 4 is 9.84 Å². The summed E-state index contributed by atoms with van der Waals surface area (Å²) in [4.78, 5) is 0. The molecule has 3 rings (SSSR count). The van der Waals surface area contributed by atoms with Gasteiger partial charge >= 0.3 is 0 Å². The minimum atomic E-state index is -3.13. The zero-order valence-electron chi connectivity index (χ0n) is 10.9. The molecule has 3 N–H and O–H groups in total. The van der Waals surface area contributed by atoms with Crippen LogP contribution in [0, 0.1) is 5.41 Å². The Kier molecular flexibility index (Phi) is 3.15. The van der Waals surface area contributed by atoms with E-state index in [0.717, 1.165) is 0 Å². The molecule has 1 aromatic carbocycles. The molecular formula is C13H17NO5S. The fourth-order valence-corrected chi connectivity index (χ4v) is 5.02. The molecule has 20 heavy (non-hydrogen) atoms. The summed E-state index contributed by atoms with van der Waals surface area (Å²) < 4.78 is 33.9. The summed E-state index contributed by atoms with van der Waals surface area (Å²) in [7, 11) is -3.13. The van der Waals surface area contributed by atoms with Crippen molar-refractivity contribution in [1.29, 1.82) is 0 Å². The van der Waals surface area contributed by atoms with Crippen molar-refractivity contribution in [2.75, 3.05) is 24.8 Å². The first-order valence-electron chi connectivity index (χ1n) is 6.44. The average molecular weight is 299 g/mol. The Morgan fingerprint density at radius 2 is 2.10 bits per heavy atom. The third-order valence-electron chi connectivity index (χ3n) is 4.12. The number of hydrogen-bond donors (Lipinski definition) is 2. The molecule has 2 aliphatic heterocycles. The van der Waals surface area contributed by atoms with Crippen molar-refractivity contribution in [3.63, 3.8) is 0 Å². The van der Waals surface area contributed by atoms with Gasteiger partial charge in [-0.15, -0.1) is 0 Å². The maximum Gasteiger partial charge on any atom is 0.231 e. The van der Waals surface area contributed by atoms with Crippen molar-refractivity contribution in [2.24, 2.45) is 11.1 Å². The molecule has 2 heterocycles. The molecule has 0 saturated carbocycles. The summed E-state index contributed by atoms with van der Waals surface area (Å²) in [6.45, 7) is 0.285. The van der Waals surface area contributed by atoms with Crippen molar-refractivity contribution in [2.45, 2.75) is 12.5 Å². The summed E-state index contributed by atoms with van der Waals surface area (Å²) in [6, 6.07) is 5.13. The molecule has 0 amide bonds. The Labute approximate surface area is 117 Å². The molecule has 0 aliphatic carbocycles. The van der Waals surface area contributed by atoms with Gasteiger partial charge in [-0.05, 0) is 24.1 Å². The van der Waals surface area contributed by atoms with Crippen molar-refractivity contribution in [3.8, 4) is 11.5 Å². The number of aliphatic hydroxyl groups is 1. The maximum atomic E-state index is 11.7. The van der Waals surface area contributed by atoms with Crippen molar-refractivity contribution in [1.82, 2.24) is 0 Å². The number of ether oxygens (including phenoxy) is 2. The largest absolute Gasteiger partial charge is 0.454 e. The fourth-order valence-electron chi connectivity index (χ4n) is 2.87. The number of hydrogen-bond acceptors (Lipinski definition) is 6. The summed E-state index contributed by atoms with van der Waals surface area (Å²) in [5.74, 6) is 1.19. The van der Waals surface area contributed by atoms with E-state index in [-0.39, 0.29) is 24.8 Å². The highest BCUT2D eigenvalue weighted by Gasteiger charge is 2.47. The zero-order valence-corrected chi connectivity index (χ0v) is 11.7. The zero-order chi connectivity index (χ0) is 14.4. The van der Waals surface area contributed by atoms with Gasteiger partial charge in [-0.3, -0.25) is 0 Å². The van der Waals surface area contributed by atoms with Gasteiger partial charge in [-0.25, -0.2) is 8.42 Å². The second kappa shape index (κ2) is 4.61. The van der Waals surface area contributed by atoms with Crippen LogP contribution in [0.2, 0.25) is 0 Å². The van der Waals surface area contributed by atoms with Gasteiger partial charge in [0.25, 0.3) is 0 Å². The second-order valence-electron chi connectivity index (χ2n) is 5.42. The van der Waals surface area contributed by atoms with Crippen molar-refractivity contribution < 1.29 is 23.0 Å². The molecule has 110 valence electrons. The van der Waals surface area contributed by atoms with E-state index in [0.29, 0.717) is 23.5 Å². The van der Waals surface area contributed by atoms with Gasteiger partial charge in [0.15, 0.2) is 21.3 Å². The summed E-state index contributed by atoms with van der Waals surface area (Å²) >= 11 is 0. The predicted octanol–water partition coefficient (Wildman–Crippen LogP) is 0.212. The Morgan fingerprint density at radius 1 is 1.35 bits per heavy atom. The molecule has 6 nitrogen and oxygen atoms in total. The fraction of sp³-hybridized carbons (Fsp3) is 0.538. The Bertz CT molecular complexity index is 630. The highest BCUT2D eigenvalue weighted by molar-refractivity contribution is 7.91. The van der Waals surface area contributed by atoms with E-state index in [1.165, 1.54) is 0 Å². The molecule has 0 bridgehead atoms. The smallest absolute Gasteiger partial charge is 0.231 e. The van der Waals surface area contributed by atoms with Gasteiger partial charge in [0.05, 0.1) is 17.6 Å². The SMILES string of the molecule is NCC1(C(O)c2ccc3c(c2)OCO3)CCS(=O)(=O)C1. The van der Waals surface area contributed by atoms with Gasteiger partial charge in [0, 0.05) is 12.0 Å². The van der Waals surface area contributed by atoms with Crippen LogP contribution in [0.25, 0.3) is 0 Å². The van der Waals surface area contributed by atoms with E-state index >= 15 is 0 Å². The van der Waals surface area contributed by atoms with Gasteiger partial charge in [0.1, 0.15) is 0 Å². The summed E-state index contributed by atoms with van der Waals surface area (Å²) in [5.41, 5.74) is 5.56. The highest BCUT2D eigenvalue weighted by atomic mass is 32.2. The quantitative estimate of drug-likeness (QED) is 0.828. The standard InChI is InChI=1S/C13H17NO5S/c14-6-13(3-4-20(16,17)7-13)12(15)9-1-2-10-11(5-9)19-8-18-10/h1-2,5,12,15H,3-4,6-8,14H2. The lowest BCUT2D eigenvalue weighted by Gasteiger charge is -2.32. The van der Waals surface area contributed by atoms with Gasteiger partial charge in [-0.2, -0.15) is 0 Å². The minimum absolute atomic E-state index is 0.0752. The predicted molar refractivity (Wildman–Crippen MR) is 72.3 cm³/mol. The third-order valence-corrected chi connectivity index (χ3v) is 5.96. The topological polar surface area (TPSA) is 98.8 Å². The Hall–Kier alpha value is -1.31. The van der Waals surface area contributed by atoms with E-state index in [9.17, 15) is 13.5 Å². The van der Waals surface area contributed by atoms with Gasteiger partial charge in [-0.1, -0.05) is 6.07 Å². The van der Waals surface area contributed by atoms with E-state index in [2.05, 4.69) is 0 Å². The number of rotatable bonds is 3. The molecule has 2 unspecified atom stereocenters. The number of aliphatic hydroxyl groups excluding tert-OH is 1. The van der Waals surface area contributed by atoms with Crippen molar-refractivity contribution in [3.05, 3.63) is 23.8 Å². The molecule has 2 atom stereocenters. The normalized spacial score (nSPS) is 28.5. The first-order chi connectivity index (χ1) is 9.46. The lowest BCUT2D eigenvalue weighted by molar-refractivity contribution is 0.0470. The van der Waals surface area contributed by atoms with Crippen LogP contribution in [0.1, 0.15) is 18.1 Å². The minimum Gasteiger partial charge on any atom is -0.454 e. The first kappa shape index (κ1) is 13.7. The van der Waals surface area contributed by atoms with Crippen LogP contribution in [0.3, 0.4) is 0 Å².